The molecule has 0 heterocycles. The lowest BCUT2D eigenvalue weighted by molar-refractivity contribution is -0.782. The number of hydrogen-bond donors (Lipinski definition) is 1. The molecule has 1 aromatic carbocycles. The number of nitrogens with zero attached hydrogens (tertiary/aromatic N) is 2. The first-order chi connectivity index (χ1) is 7.05. The van der Waals surface area contributed by atoms with Crippen molar-refractivity contribution in [3.05, 3.63) is 35.9 Å². The van der Waals surface area contributed by atoms with Crippen LogP contribution in [0.5, 0.6) is 0 Å². The minimum absolute atomic E-state index is 0.382. The van der Waals surface area contributed by atoms with Crippen molar-refractivity contribution in [3.8, 4) is 5.97 Å². The first-order valence-electron chi connectivity index (χ1n) is 4.85. The number of quaternary nitrogens is 1. The maximum atomic E-state index is 9.94. The maximum Gasteiger partial charge on any atom is 0.126 e. The Kier molecular flexibility index (Phi) is 3.90. The molecule has 0 amide bonds. The summed E-state index contributed by atoms with van der Waals surface area (Å²) in [6.07, 6.45) is -0.536. The van der Waals surface area contributed by atoms with Gasteiger partial charge in [-0.1, -0.05) is 30.3 Å². The van der Waals surface area contributed by atoms with Crippen LogP contribution in [-0.2, 0) is 0 Å². The number of likely N-dealkylation sites (N-methyl/N-ethyl adjacent to an activating group) is 1. The Morgan fingerprint density at radius 1 is 1.40 bits per heavy atom. The van der Waals surface area contributed by atoms with Crippen LogP contribution in [0.2, 0.25) is 0 Å². The fourth-order valence-corrected chi connectivity index (χ4v) is 1.44. The van der Waals surface area contributed by atoms with Gasteiger partial charge in [0.05, 0.1) is 6.54 Å². The normalized spacial score (nSPS) is 13.2. The zero-order valence-electron chi connectivity index (χ0n) is 9.09. The van der Waals surface area contributed by atoms with Gasteiger partial charge in [0.1, 0.15) is 13.5 Å². The molecule has 1 rings (SSSR count). The molecule has 4 heteroatoms. The first kappa shape index (κ1) is 11.8. The average molecular weight is 202 g/mol. The van der Waals surface area contributed by atoms with E-state index in [9.17, 15) is 5.11 Å². The van der Waals surface area contributed by atoms with Crippen LogP contribution in [0.1, 0.15) is 11.7 Å². The summed E-state index contributed by atoms with van der Waals surface area (Å²) in [4.78, 5) is 0. The van der Waals surface area contributed by atoms with Crippen molar-refractivity contribution in [1.29, 1.82) is 5.26 Å². The second-order valence-electron chi connectivity index (χ2n) is 4.15. The molecule has 0 aliphatic heterocycles. The minimum atomic E-state index is -0.536. The van der Waals surface area contributed by atoms with Crippen LogP contribution in [0.15, 0.2) is 30.3 Å². The predicted octanol–water partition coefficient (Wildman–Crippen LogP) is 0.897. The number of aliphatic hydroxyl groups excluding tert-OH is 1. The van der Waals surface area contributed by atoms with Gasteiger partial charge in [-0.2, -0.15) is 0 Å². The smallest absolute Gasteiger partial charge is 0.126 e. The highest BCUT2D eigenvalue weighted by Crippen LogP contribution is 2.14. The maximum absolute atomic E-state index is 9.94. The van der Waals surface area contributed by atoms with Gasteiger partial charge in [0.15, 0.2) is 0 Å². The summed E-state index contributed by atoms with van der Waals surface area (Å²) in [5.41, 5.74) is 0.884. The van der Waals surface area contributed by atoms with Gasteiger partial charge >= 0.3 is 0 Å². The van der Waals surface area contributed by atoms with Crippen molar-refractivity contribution in [2.24, 2.45) is 0 Å². The van der Waals surface area contributed by atoms with Crippen LogP contribution in [-0.4, -0.2) is 37.6 Å². The highest BCUT2D eigenvalue weighted by molar-refractivity contribution is 6.36. The molecule has 0 saturated heterocycles. The van der Waals surface area contributed by atoms with Gasteiger partial charge in [-0.3, -0.25) is 0 Å². The average Bonchev–Trinajstić information content (AvgIpc) is 2.18. The van der Waals surface area contributed by atoms with E-state index in [1.807, 2.05) is 50.4 Å². The summed E-state index contributed by atoms with van der Waals surface area (Å²) in [5.74, 6) is 2.00. The largest absolute Gasteiger partial charge is 0.550 e. The van der Waals surface area contributed by atoms with E-state index >= 15 is 0 Å². The molecule has 0 aliphatic rings. The van der Waals surface area contributed by atoms with Gasteiger partial charge in [-0.05, 0) is 5.56 Å². The third-order valence-electron chi connectivity index (χ3n) is 2.24. The third kappa shape index (κ3) is 3.74. The van der Waals surface area contributed by atoms with Crippen molar-refractivity contribution in [1.82, 2.24) is 0 Å². The lowest BCUT2D eigenvalue weighted by Gasteiger charge is -2.41. The lowest BCUT2D eigenvalue weighted by Crippen LogP contribution is -2.45. The molecule has 0 aromatic heterocycles. The number of benzene rings is 1. The zero-order chi connectivity index (χ0) is 11.3. The van der Waals surface area contributed by atoms with Crippen LogP contribution >= 0.6 is 0 Å². The fourth-order valence-electron chi connectivity index (χ4n) is 1.44. The summed E-state index contributed by atoms with van der Waals surface area (Å²) in [7, 11) is 5.27. The van der Waals surface area contributed by atoms with Crippen LogP contribution in [0.3, 0.4) is 0 Å². The Hall–Kier alpha value is -1.31. The van der Waals surface area contributed by atoms with Crippen LogP contribution in [0, 0.1) is 11.2 Å². The molecule has 1 unspecified atom stereocenters. The molecule has 0 spiro atoms. The molecule has 0 bridgehead atoms. The van der Waals surface area contributed by atoms with Crippen LogP contribution in [0.4, 0.5) is 0 Å². The van der Waals surface area contributed by atoms with Crippen molar-refractivity contribution >= 4 is 7.41 Å². The highest BCUT2D eigenvalue weighted by Gasteiger charge is 2.13. The predicted molar refractivity (Wildman–Crippen MR) is 59.7 cm³/mol. The van der Waals surface area contributed by atoms with E-state index in [1.54, 1.807) is 0 Å². The highest BCUT2D eigenvalue weighted by atomic mass is 16.3. The monoisotopic (exact) mass is 202 g/mol. The fraction of sp³-hybridized carbons (Fsp3) is 0.364. The second-order valence-corrected chi connectivity index (χ2v) is 4.15. The molecule has 3 nitrogen and oxygen atoms in total. The minimum Gasteiger partial charge on any atom is -0.550 e. The second kappa shape index (κ2) is 4.97. The molecule has 15 heavy (non-hydrogen) atoms. The van der Waals surface area contributed by atoms with Crippen LogP contribution in [0.25, 0.3) is 0 Å². The van der Waals surface area contributed by atoms with E-state index in [-0.39, 0.29) is 0 Å². The molecule has 0 fully saturated rings. The Bertz CT molecular complexity index is 345. The topological polar surface area (TPSA) is 44.0 Å². The number of aliphatic hydroxyl groups is 1. The van der Waals surface area contributed by atoms with Gasteiger partial charge in [0.2, 0.25) is 0 Å². The molecular weight excluding hydrogens is 187 g/mol. The summed E-state index contributed by atoms with van der Waals surface area (Å²) in [5, 5.41) is 18.5. The number of hydrogen-bond acceptors (Lipinski definition) is 2. The summed E-state index contributed by atoms with van der Waals surface area (Å²) < 4.78 is 0.382. The SMILES string of the molecule is C[N+](C)([B-]C#N)CC(O)c1ccccc1. The van der Waals surface area contributed by atoms with E-state index in [2.05, 4.69) is 0 Å². The van der Waals surface area contributed by atoms with Gasteiger partial charge in [-0.25, -0.2) is 5.26 Å². The van der Waals surface area contributed by atoms with Crippen LogP contribution < -0.4 is 0 Å². The molecule has 78 valence electrons. The molecular formula is C11H15BN2O. The van der Waals surface area contributed by atoms with E-state index in [0.717, 1.165) is 5.56 Å². The van der Waals surface area contributed by atoms with Gasteiger partial charge < -0.3 is 9.50 Å². The quantitative estimate of drug-likeness (QED) is 0.737. The number of nitriles is 1. The Morgan fingerprint density at radius 2 is 2.00 bits per heavy atom. The van der Waals surface area contributed by atoms with Crippen molar-refractivity contribution in [3.63, 3.8) is 0 Å². The summed E-state index contributed by atoms with van der Waals surface area (Å²) in [6, 6.07) is 9.48. The standard InChI is InChI=1S/C11H15BN2O/c1-14(2,12-9-13)8-11(15)10-6-4-3-5-7-10/h3-7,11,15H,8H2,1-2H3. The van der Waals surface area contributed by atoms with E-state index in [0.29, 0.717) is 10.9 Å². The van der Waals surface area contributed by atoms with Crippen molar-refractivity contribution in [2.45, 2.75) is 6.10 Å². The molecule has 1 aromatic rings. The number of rotatable bonds is 4. The van der Waals surface area contributed by atoms with Gasteiger partial charge in [0, 0.05) is 14.1 Å². The summed E-state index contributed by atoms with van der Waals surface area (Å²) >= 11 is 0. The molecule has 2 radical (unpaired) electrons. The van der Waals surface area contributed by atoms with Crippen molar-refractivity contribution in [2.75, 3.05) is 20.6 Å². The molecule has 0 saturated carbocycles. The molecule has 1 atom stereocenters. The Morgan fingerprint density at radius 3 is 2.53 bits per heavy atom. The Balaban J connectivity index is 2.64. The molecule has 0 aliphatic carbocycles. The first-order valence-corrected chi connectivity index (χ1v) is 4.85. The van der Waals surface area contributed by atoms with Gasteiger partial charge in [-0.15, -0.1) is 5.97 Å². The van der Waals surface area contributed by atoms with E-state index in [4.69, 9.17) is 5.26 Å². The molecule has 1 N–H and O–H groups in total. The van der Waals surface area contributed by atoms with Gasteiger partial charge in [0.25, 0.3) is 0 Å². The third-order valence-corrected chi connectivity index (χ3v) is 2.24. The van der Waals surface area contributed by atoms with E-state index < -0.39 is 6.10 Å². The summed E-state index contributed by atoms with van der Waals surface area (Å²) in [6.45, 7) is 0.498. The lowest BCUT2D eigenvalue weighted by atomic mass is 9.90. The Labute approximate surface area is 91.4 Å². The van der Waals surface area contributed by atoms with Crippen molar-refractivity contribution < 1.29 is 9.50 Å². The zero-order valence-corrected chi connectivity index (χ0v) is 9.09. The van der Waals surface area contributed by atoms with E-state index in [1.165, 1.54) is 7.41 Å².